The van der Waals surface area contributed by atoms with E-state index in [9.17, 15) is 0 Å². The minimum Gasteiger partial charge on any atom is -0.294 e. The van der Waals surface area contributed by atoms with Crippen LogP contribution < -0.4 is 0 Å². The minimum absolute atomic E-state index is 0.714. The Balaban J connectivity index is 2.24. The van der Waals surface area contributed by atoms with Gasteiger partial charge in [0.1, 0.15) is 0 Å². The van der Waals surface area contributed by atoms with Crippen LogP contribution in [0.4, 0.5) is 0 Å². The molecule has 2 atom stereocenters. The quantitative estimate of drug-likeness (QED) is 0.499. The summed E-state index contributed by atoms with van der Waals surface area (Å²) in [4.78, 5) is 2.68. The second-order valence-corrected chi connectivity index (χ2v) is 4.38. The van der Waals surface area contributed by atoms with Crippen molar-refractivity contribution in [2.45, 2.75) is 52.1 Å². The number of fused-ring (bicyclic) bond motifs is 1. The second kappa shape index (κ2) is 2.88. The molecule has 1 saturated heterocycles. The molecule has 0 bridgehead atoms. The van der Waals surface area contributed by atoms with Gasteiger partial charge in [0.25, 0.3) is 0 Å². The molecule has 1 fully saturated rings. The van der Waals surface area contributed by atoms with Crippen LogP contribution in [0, 0.1) is 0 Å². The van der Waals surface area contributed by atoms with E-state index in [4.69, 9.17) is 0 Å². The Bertz CT molecular complexity index is 217. The van der Waals surface area contributed by atoms with Gasteiger partial charge in [0.2, 0.25) is 0 Å². The van der Waals surface area contributed by atoms with Crippen LogP contribution in [0.5, 0.6) is 0 Å². The van der Waals surface area contributed by atoms with Gasteiger partial charge in [-0.15, -0.1) is 0 Å². The fraction of sp³-hybridized carbons (Fsp3) is 0.818. The molecule has 12 heavy (non-hydrogen) atoms. The lowest BCUT2D eigenvalue weighted by molar-refractivity contribution is 0.197. The first-order valence-corrected chi connectivity index (χ1v) is 5.12. The van der Waals surface area contributed by atoms with Crippen molar-refractivity contribution < 1.29 is 0 Å². The maximum Gasteiger partial charge on any atom is 0.0282 e. The number of nitrogens with zero attached hydrogens (tertiary/aromatic N) is 1. The molecule has 0 aliphatic carbocycles. The van der Waals surface area contributed by atoms with Crippen LogP contribution in [0.2, 0.25) is 0 Å². The smallest absolute Gasteiger partial charge is 0.0282 e. The van der Waals surface area contributed by atoms with E-state index in [2.05, 4.69) is 25.7 Å². The van der Waals surface area contributed by atoms with E-state index in [1.54, 1.807) is 11.1 Å². The van der Waals surface area contributed by atoms with E-state index in [0.717, 1.165) is 6.04 Å². The summed E-state index contributed by atoms with van der Waals surface area (Å²) in [5.74, 6) is 0. The number of hydrogen-bond donors (Lipinski definition) is 0. The van der Waals surface area contributed by atoms with Gasteiger partial charge in [-0.3, -0.25) is 4.90 Å². The van der Waals surface area contributed by atoms with Crippen molar-refractivity contribution in [1.82, 2.24) is 4.90 Å². The summed E-state index contributed by atoms with van der Waals surface area (Å²) in [6, 6.07) is 1.59. The van der Waals surface area contributed by atoms with Crippen molar-refractivity contribution in [2.24, 2.45) is 0 Å². The average Bonchev–Trinajstić information content (AvgIpc) is 2.48. The molecule has 2 heterocycles. The zero-order valence-corrected chi connectivity index (χ0v) is 8.43. The van der Waals surface area contributed by atoms with Crippen LogP contribution in [0.25, 0.3) is 0 Å². The average molecular weight is 165 g/mol. The van der Waals surface area contributed by atoms with E-state index in [1.807, 2.05) is 0 Å². The van der Waals surface area contributed by atoms with Crippen molar-refractivity contribution in [3.63, 3.8) is 0 Å². The largest absolute Gasteiger partial charge is 0.294 e. The predicted octanol–water partition coefficient (Wildman–Crippen LogP) is 2.58. The molecule has 0 spiro atoms. The highest BCUT2D eigenvalue weighted by atomic mass is 15.2. The molecule has 2 rings (SSSR count). The monoisotopic (exact) mass is 165 g/mol. The summed E-state index contributed by atoms with van der Waals surface area (Å²) < 4.78 is 0. The van der Waals surface area contributed by atoms with E-state index in [1.165, 1.54) is 25.8 Å². The van der Waals surface area contributed by atoms with Crippen molar-refractivity contribution >= 4 is 0 Å². The normalized spacial score (nSPS) is 37.2. The van der Waals surface area contributed by atoms with Crippen molar-refractivity contribution in [2.75, 3.05) is 6.54 Å². The molecule has 2 aliphatic rings. The van der Waals surface area contributed by atoms with Gasteiger partial charge >= 0.3 is 0 Å². The van der Waals surface area contributed by atoms with Crippen LogP contribution in [-0.2, 0) is 0 Å². The summed E-state index contributed by atoms with van der Waals surface area (Å²) in [6.45, 7) is 8.29. The molecule has 68 valence electrons. The molecular formula is C11H19N. The Kier molecular flexibility index (Phi) is 1.99. The number of hydrogen-bond acceptors (Lipinski definition) is 1. The van der Waals surface area contributed by atoms with Gasteiger partial charge in [-0.1, -0.05) is 11.1 Å². The van der Waals surface area contributed by atoms with Crippen LogP contribution in [-0.4, -0.2) is 23.5 Å². The van der Waals surface area contributed by atoms with Gasteiger partial charge in [-0.05, 0) is 46.6 Å². The molecule has 1 nitrogen and oxygen atoms in total. The third-order valence-electron chi connectivity index (χ3n) is 3.76. The second-order valence-electron chi connectivity index (χ2n) is 4.38. The van der Waals surface area contributed by atoms with Crippen molar-refractivity contribution in [1.29, 1.82) is 0 Å². The molecule has 0 aromatic heterocycles. The molecule has 0 aromatic rings. The minimum atomic E-state index is 0.714. The van der Waals surface area contributed by atoms with Crippen molar-refractivity contribution in [3.05, 3.63) is 11.1 Å². The molecular weight excluding hydrogens is 146 g/mol. The first-order valence-electron chi connectivity index (χ1n) is 5.12. The van der Waals surface area contributed by atoms with Crippen molar-refractivity contribution in [3.8, 4) is 0 Å². The zero-order valence-electron chi connectivity index (χ0n) is 8.43. The molecule has 0 saturated carbocycles. The zero-order chi connectivity index (χ0) is 8.72. The van der Waals surface area contributed by atoms with E-state index in [0.29, 0.717) is 6.04 Å². The Morgan fingerprint density at radius 2 is 2.08 bits per heavy atom. The van der Waals surface area contributed by atoms with Crippen LogP contribution in [0.1, 0.15) is 40.0 Å². The molecule has 2 unspecified atom stereocenters. The first kappa shape index (κ1) is 8.31. The van der Waals surface area contributed by atoms with Gasteiger partial charge < -0.3 is 0 Å². The van der Waals surface area contributed by atoms with Crippen LogP contribution in [0.15, 0.2) is 11.1 Å². The molecule has 0 radical (unpaired) electrons. The predicted molar refractivity (Wildman–Crippen MR) is 52.2 cm³/mol. The van der Waals surface area contributed by atoms with E-state index in [-0.39, 0.29) is 0 Å². The van der Waals surface area contributed by atoms with Gasteiger partial charge in [-0.2, -0.15) is 0 Å². The fourth-order valence-corrected chi connectivity index (χ4v) is 2.71. The first-order chi connectivity index (χ1) is 5.70. The maximum absolute atomic E-state index is 2.68. The van der Waals surface area contributed by atoms with Gasteiger partial charge in [0.15, 0.2) is 0 Å². The Morgan fingerprint density at radius 1 is 1.33 bits per heavy atom. The fourth-order valence-electron chi connectivity index (χ4n) is 2.71. The SMILES string of the molecule is CC1=C(C)C(C)N2CCCC2C1. The third-order valence-corrected chi connectivity index (χ3v) is 3.76. The van der Waals surface area contributed by atoms with Crippen LogP contribution in [0.3, 0.4) is 0 Å². The lowest BCUT2D eigenvalue weighted by Crippen LogP contribution is -2.41. The van der Waals surface area contributed by atoms with Gasteiger partial charge in [0.05, 0.1) is 0 Å². The molecule has 0 aromatic carbocycles. The number of rotatable bonds is 0. The Morgan fingerprint density at radius 3 is 2.83 bits per heavy atom. The highest BCUT2D eigenvalue weighted by molar-refractivity contribution is 5.21. The summed E-state index contributed by atoms with van der Waals surface area (Å²) >= 11 is 0. The highest BCUT2D eigenvalue weighted by Crippen LogP contribution is 2.33. The van der Waals surface area contributed by atoms with Crippen LogP contribution >= 0.6 is 0 Å². The van der Waals surface area contributed by atoms with Gasteiger partial charge in [0, 0.05) is 12.1 Å². The van der Waals surface area contributed by atoms with E-state index >= 15 is 0 Å². The standard InChI is InChI=1S/C11H19N/c1-8-7-11-5-4-6-12(11)10(3)9(8)2/h10-11H,4-7H2,1-3H3. The summed E-state index contributed by atoms with van der Waals surface area (Å²) in [7, 11) is 0. The van der Waals surface area contributed by atoms with Gasteiger partial charge in [-0.25, -0.2) is 0 Å². The third kappa shape index (κ3) is 1.11. The highest BCUT2D eigenvalue weighted by Gasteiger charge is 2.33. The topological polar surface area (TPSA) is 3.24 Å². The van der Waals surface area contributed by atoms with E-state index < -0.39 is 0 Å². The summed E-state index contributed by atoms with van der Waals surface area (Å²) in [5, 5.41) is 0. The lowest BCUT2D eigenvalue weighted by atomic mass is 9.92. The molecule has 1 heteroatoms. The summed E-state index contributed by atoms with van der Waals surface area (Å²) in [5.41, 5.74) is 3.26. The Hall–Kier alpha value is -0.300. The molecule has 0 amide bonds. The maximum atomic E-state index is 2.68. The lowest BCUT2D eigenvalue weighted by Gasteiger charge is -2.37. The summed E-state index contributed by atoms with van der Waals surface area (Å²) in [6.07, 6.45) is 4.17. The molecule has 0 N–H and O–H groups in total. The Labute approximate surface area is 75.4 Å². The molecule has 2 aliphatic heterocycles.